The monoisotopic (exact) mass is 440 g/mol. The smallest absolute Gasteiger partial charge is 0.119 e. The maximum atomic E-state index is 6.00. The van der Waals surface area contributed by atoms with Gasteiger partial charge in [0.15, 0.2) is 0 Å². The Morgan fingerprint density at radius 1 is 0.848 bits per heavy atom. The number of allylic oxidation sites excluding steroid dienone is 1. The number of piperidine rings is 1. The Hall–Kier alpha value is -3.04. The highest BCUT2D eigenvalue weighted by atomic mass is 16.5. The number of hydrogen-bond acceptors (Lipinski definition) is 3. The Balaban J connectivity index is 1.38. The van der Waals surface area contributed by atoms with Crippen LogP contribution in [0.1, 0.15) is 37.8 Å². The largest absolute Gasteiger partial charge is 0.489 e. The lowest BCUT2D eigenvalue weighted by Gasteiger charge is -2.39. The summed E-state index contributed by atoms with van der Waals surface area (Å²) >= 11 is 0. The van der Waals surface area contributed by atoms with Gasteiger partial charge in [0.2, 0.25) is 0 Å². The zero-order valence-electron chi connectivity index (χ0n) is 20.0. The molecule has 1 heterocycles. The van der Waals surface area contributed by atoms with Crippen LogP contribution >= 0.6 is 0 Å². The summed E-state index contributed by atoms with van der Waals surface area (Å²) in [6, 6.07) is 30.4. The van der Waals surface area contributed by atoms with Crippen LogP contribution in [-0.4, -0.2) is 30.6 Å². The molecule has 3 heteroatoms. The molecule has 0 aromatic heterocycles. The van der Waals surface area contributed by atoms with Crippen LogP contribution in [0.15, 0.2) is 96.6 Å². The fourth-order valence-corrected chi connectivity index (χ4v) is 4.45. The summed E-state index contributed by atoms with van der Waals surface area (Å²) in [5.74, 6) is 0.919. The van der Waals surface area contributed by atoms with Crippen molar-refractivity contribution in [2.45, 2.75) is 45.9 Å². The highest BCUT2D eigenvalue weighted by Gasteiger charge is 2.24. The molecule has 3 aromatic carbocycles. The van der Waals surface area contributed by atoms with Crippen molar-refractivity contribution in [2.75, 3.05) is 24.5 Å². The summed E-state index contributed by atoms with van der Waals surface area (Å²) in [6.45, 7) is 9.25. The number of likely N-dealkylation sites (tertiary alicyclic amines) is 1. The molecule has 0 unspecified atom stereocenters. The van der Waals surface area contributed by atoms with Gasteiger partial charge in [-0.2, -0.15) is 0 Å². The molecule has 1 fully saturated rings. The van der Waals surface area contributed by atoms with Gasteiger partial charge in [0.1, 0.15) is 12.4 Å². The van der Waals surface area contributed by atoms with Gasteiger partial charge < -0.3 is 9.64 Å². The molecule has 33 heavy (non-hydrogen) atoms. The van der Waals surface area contributed by atoms with E-state index in [0.717, 1.165) is 31.9 Å². The van der Waals surface area contributed by atoms with Crippen molar-refractivity contribution in [1.82, 2.24) is 4.90 Å². The summed E-state index contributed by atoms with van der Waals surface area (Å²) in [5, 5.41) is 0. The molecule has 172 valence electrons. The van der Waals surface area contributed by atoms with Crippen LogP contribution in [0.5, 0.6) is 5.75 Å². The second kappa shape index (κ2) is 11.7. The van der Waals surface area contributed by atoms with E-state index in [1.54, 1.807) is 0 Å². The van der Waals surface area contributed by atoms with Crippen molar-refractivity contribution in [3.8, 4) is 5.75 Å². The first kappa shape index (κ1) is 23.1. The van der Waals surface area contributed by atoms with Crippen LogP contribution in [0.25, 0.3) is 0 Å². The van der Waals surface area contributed by atoms with Crippen LogP contribution < -0.4 is 9.64 Å². The number of rotatable bonds is 9. The minimum absolute atomic E-state index is 0.559. The topological polar surface area (TPSA) is 15.7 Å². The average Bonchev–Trinajstić information content (AvgIpc) is 2.86. The average molecular weight is 441 g/mol. The van der Waals surface area contributed by atoms with E-state index in [4.69, 9.17) is 4.74 Å². The van der Waals surface area contributed by atoms with Gasteiger partial charge in [0.05, 0.1) is 0 Å². The van der Waals surface area contributed by atoms with Gasteiger partial charge >= 0.3 is 0 Å². The van der Waals surface area contributed by atoms with E-state index in [9.17, 15) is 0 Å². The van der Waals surface area contributed by atoms with Crippen molar-refractivity contribution in [2.24, 2.45) is 0 Å². The SMILES string of the molecule is CC(C)=CCN(c1ccc(OCc2ccccc2)cc1)C1CCN(Cc2ccccc2)CC1. The molecule has 4 rings (SSSR count). The molecule has 3 aromatic rings. The first-order valence-corrected chi connectivity index (χ1v) is 12.1. The van der Waals surface area contributed by atoms with E-state index in [1.807, 2.05) is 18.2 Å². The van der Waals surface area contributed by atoms with Gasteiger partial charge in [0, 0.05) is 37.9 Å². The number of benzene rings is 3. The summed E-state index contributed by atoms with van der Waals surface area (Å²) in [4.78, 5) is 5.17. The van der Waals surface area contributed by atoms with Gasteiger partial charge in [-0.15, -0.1) is 0 Å². The van der Waals surface area contributed by atoms with E-state index < -0.39 is 0 Å². The quantitative estimate of drug-likeness (QED) is 0.344. The van der Waals surface area contributed by atoms with Crippen LogP contribution in [0.3, 0.4) is 0 Å². The Morgan fingerprint density at radius 2 is 1.45 bits per heavy atom. The molecule has 1 aliphatic heterocycles. The second-order valence-electron chi connectivity index (χ2n) is 9.19. The third-order valence-electron chi connectivity index (χ3n) is 6.36. The molecule has 0 radical (unpaired) electrons. The predicted molar refractivity (Wildman–Crippen MR) is 139 cm³/mol. The van der Waals surface area contributed by atoms with Crippen molar-refractivity contribution < 1.29 is 4.74 Å². The fourth-order valence-electron chi connectivity index (χ4n) is 4.45. The maximum Gasteiger partial charge on any atom is 0.119 e. The molecule has 0 atom stereocenters. The lowest BCUT2D eigenvalue weighted by atomic mass is 10.0. The van der Waals surface area contributed by atoms with Crippen molar-refractivity contribution in [3.63, 3.8) is 0 Å². The van der Waals surface area contributed by atoms with Crippen LogP contribution in [0, 0.1) is 0 Å². The van der Waals surface area contributed by atoms with Gasteiger partial charge in [0.25, 0.3) is 0 Å². The molecular weight excluding hydrogens is 404 g/mol. The zero-order chi connectivity index (χ0) is 22.9. The van der Waals surface area contributed by atoms with Gasteiger partial charge in [-0.25, -0.2) is 0 Å². The van der Waals surface area contributed by atoms with Crippen molar-refractivity contribution in [3.05, 3.63) is 108 Å². The highest BCUT2D eigenvalue weighted by molar-refractivity contribution is 5.51. The lowest BCUT2D eigenvalue weighted by molar-refractivity contribution is 0.202. The number of anilines is 1. The van der Waals surface area contributed by atoms with E-state index in [1.165, 1.54) is 35.2 Å². The first-order chi connectivity index (χ1) is 16.2. The Morgan fingerprint density at radius 3 is 2.06 bits per heavy atom. The summed E-state index contributed by atoms with van der Waals surface area (Å²) < 4.78 is 6.00. The second-order valence-corrected chi connectivity index (χ2v) is 9.19. The Labute approximate surface area is 199 Å². The van der Waals surface area contributed by atoms with Crippen LogP contribution in [0.2, 0.25) is 0 Å². The Bertz CT molecular complexity index is 986. The van der Waals surface area contributed by atoms with Crippen molar-refractivity contribution >= 4 is 5.69 Å². The normalized spacial score (nSPS) is 14.6. The standard InChI is InChI=1S/C30H36N2O/c1-25(2)17-22-32(29-18-20-31(21-19-29)23-26-9-5-3-6-10-26)28-13-15-30(16-14-28)33-24-27-11-7-4-8-12-27/h3-17,29H,18-24H2,1-2H3. The molecule has 0 amide bonds. The molecule has 0 saturated carbocycles. The van der Waals surface area contributed by atoms with Crippen LogP contribution in [0.4, 0.5) is 5.69 Å². The Kier molecular flexibility index (Phi) is 8.21. The van der Waals surface area contributed by atoms with E-state index in [-0.39, 0.29) is 0 Å². The van der Waals surface area contributed by atoms with Gasteiger partial charge in [-0.05, 0) is 62.1 Å². The molecule has 0 spiro atoms. The highest BCUT2D eigenvalue weighted by Crippen LogP contribution is 2.27. The number of ether oxygens (including phenoxy) is 1. The molecule has 1 saturated heterocycles. The maximum absolute atomic E-state index is 6.00. The molecule has 0 N–H and O–H groups in total. The molecule has 0 aliphatic carbocycles. The first-order valence-electron chi connectivity index (χ1n) is 12.1. The predicted octanol–water partition coefficient (Wildman–Crippen LogP) is 6.70. The van der Waals surface area contributed by atoms with E-state index in [0.29, 0.717) is 12.6 Å². The lowest BCUT2D eigenvalue weighted by Crippen LogP contribution is -2.45. The summed E-state index contributed by atoms with van der Waals surface area (Å²) in [7, 11) is 0. The fraction of sp³-hybridized carbons (Fsp3) is 0.333. The van der Waals surface area contributed by atoms with Gasteiger partial charge in [-0.3, -0.25) is 4.90 Å². The molecular formula is C30H36N2O. The zero-order valence-corrected chi connectivity index (χ0v) is 20.0. The third-order valence-corrected chi connectivity index (χ3v) is 6.36. The minimum Gasteiger partial charge on any atom is -0.489 e. The third kappa shape index (κ3) is 6.97. The molecule has 1 aliphatic rings. The minimum atomic E-state index is 0.559. The molecule has 0 bridgehead atoms. The number of hydrogen-bond donors (Lipinski definition) is 0. The molecule has 3 nitrogen and oxygen atoms in total. The van der Waals surface area contributed by atoms with E-state index in [2.05, 4.69) is 96.5 Å². The summed E-state index contributed by atoms with van der Waals surface area (Å²) in [6.07, 6.45) is 4.72. The number of nitrogens with zero attached hydrogens (tertiary/aromatic N) is 2. The van der Waals surface area contributed by atoms with E-state index >= 15 is 0 Å². The van der Waals surface area contributed by atoms with Crippen molar-refractivity contribution in [1.29, 1.82) is 0 Å². The summed E-state index contributed by atoms with van der Waals surface area (Å²) in [5.41, 5.74) is 5.24. The van der Waals surface area contributed by atoms with Crippen LogP contribution in [-0.2, 0) is 13.2 Å². The van der Waals surface area contributed by atoms with Gasteiger partial charge in [-0.1, -0.05) is 72.3 Å².